The van der Waals surface area contributed by atoms with Crippen molar-refractivity contribution >= 4 is 23.3 Å². The van der Waals surface area contributed by atoms with Crippen LogP contribution >= 0.6 is 0 Å². The third-order valence-corrected chi connectivity index (χ3v) is 5.37. The predicted octanol–water partition coefficient (Wildman–Crippen LogP) is 3.30. The Kier molecular flexibility index (Phi) is 4.75. The summed E-state index contributed by atoms with van der Waals surface area (Å²) in [5.74, 6) is 0.00366. The van der Waals surface area contributed by atoms with E-state index in [1.165, 1.54) is 0 Å². The number of ketones is 1. The van der Waals surface area contributed by atoms with Crippen LogP contribution in [0.25, 0.3) is 0 Å². The number of hydrogen-bond donors (Lipinski definition) is 0. The molecule has 138 valence electrons. The summed E-state index contributed by atoms with van der Waals surface area (Å²) in [6.45, 7) is 1.32. The number of rotatable bonds is 4. The van der Waals surface area contributed by atoms with E-state index in [1.807, 2.05) is 30.3 Å². The summed E-state index contributed by atoms with van der Waals surface area (Å²) in [6.07, 6.45) is 2.98. The summed E-state index contributed by atoms with van der Waals surface area (Å²) >= 11 is 0. The molecule has 0 saturated carbocycles. The van der Waals surface area contributed by atoms with Crippen molar-refractivity contribution in [2.45, 2.75) is 31.7 Å². The molecule has 5 nitrogen and oxygen atoms in total. The lowest BCUT2D eigenvalue weighted by Crippen LogP contribution is -2.40. The highest BCUT2D eigenvalue weighted by molar-refractivity contribution is 6.05. The van der Waals surface area contributed by atoms with Gasteiger partial charge in [-0.05, 0) is 43.5 Å². The predicted molar refractivity (Wildman–Crippen MR) is 103 cm³/mol. The number of nitrogens with zero attached hydrogens (tertiary/aromatic N) is 2. The smallest absolute Gasteiger partial charge is 0.254 e. The minimum atomic E-state index is -0.403. The molecular weight excluding hydrogens is 340 g/mol. The maximum Gasteiger partial charge on any atom is 0.254 e. The van der Waals surface area contributed by atoms with Crippen molar-refractivity contribution in [1.82, 2.24) is 4.90 Å². The second kappa shape index (κ2) is 7.35. The van der Waals surface area contributed by atoms with E-state index in [9.17, 15) is 14.4 Å². The van der Waals surface area contributed by atoms with Gasteiger partial charge in [0.1, 0.15) is 0 Å². The average Bonchev–Trinajstić information content (AvgIpc) is 3.37. The third-order valence-electron chi connectivity index (χ3n) is 5.37. The Balaban J connectivity index is 1.51. The van der Waals surface area contributed by atoms with Crippen molar-refractivity contribution < 1.29 is 14.4 Å². The molecule has 2 fully saturated rings. The molecule has 0 aliphatic carbocycles. The number of likely N-dealkylation sites (tertiary alicyclic amines) is 1. The van der Waals surface area contributed by atoms with Crippen LogP contribution < -0.4 is 4.90 Å². The highest BCUT2D eigenvalue weighted by Crippen LogP contribution is 2.26. The van der Waals surface area contributed by atoms with Gasteiger partial charge < -0.3 is 9.80 Å². The normalized spacial score (nSPS) is 19.6. The van der Waals surface area contributed by atoms with Gasteiger partial charge in [-0.25, -0.2) is 0 Å². The minimum absolute atomic E-state index is 0.000679. The second-order valence-electron chi connectivity index (χ2n) is 7.08. The van der Waals surface area contributed by atoms with Crippen LogP contribution in [0.4, 0.5) is 5.69 Å². The van der Waals surface area contributed by atoms with Gasteiger partial charge in [0, 0.05) is 36.3 Å². The molecule has 1 atom stereocenters. The van der Waals surface area contributed by atoms with Gasteiger partial charge in [0.2, 0.25) is 5.91 Å². The Morgan fingerprint density at radius 2 is 1.59 bits per heavy atom. The minimum Gasteiger partial charge on any atom is -0.328 e. The van der Waals surface area contributed by atoms with Crippen LogP contribution in [0.5, 0.6) is 0 Å². The molecule has 2 heterocycles. The van der Waals surface area contributed by atoms with Crippen LogP contribution in [0.2, 0.25) is 0 Å². The van der Waals surface area contributed by atoms with Crippen LogP contribution in [-0.2, 0) is 4.79 Å². The molecule has 2 saturated heterocycles. The van der Waals surface area contributed by atoms with Crippen molar-refractivity contribution in [2.75, 3.05) is 18.0 Å². The standard InChI is InChI=1S/C22H22N2O3/c25-20-9-5-14-23(20)18-12-10-17(11-13-18)22(27)24-15-4-8-19(24)21(26)16-6-2-1-3-7-16/h1-3,6-7,10-13,19H,4-5,8-9,14-15H2. The van der Waals surface area contributed by atoms with Gasteiger partial charge in [-0.15, -0.1) is 0 Å². The van der Waals surface area contributed by atoms with E-state index in [4.69, 9.17) is 0 Å². The summed E-state index contributed by atoms with van der Waals surface area (Å²) in [7, 11) is 0. The van der Waals surface area contributed by atoms with Gasteiger partial charge in [0.05, 0.1) is 6.04 Å². The van der Waals surface area contributed by atoms with E-state index in [1.54, 1.807) is 34.1 Å². The van der Waals surface area contributed by atoms with E-state index in [-0.39, 0.29) is 17.6 Å². The van der Waals surface area contributed by atoms with Crippen molar-refractivity contribution in [3.63, 3.8) is 0 Å². The molecule has 0 spiro atoms. The maximum absolute atomic E-state index is 13.0. The summed E-state index contributed by atoms with van der Waals surface area (Å²) in [6, 6.07) is 15.9. The van der Waals surface area contributed by atoms with Crippen molar-refractivity contribution in [3.8, 4) is 0 Å². The van der Waals surface area contributed by atoms with E-state index < -0.39 is 6.04 Å². The molecule has 0 N–H and O–H groups in total. The van der Waals surface area contributed by atoms with E-state index in [0.29, 0.717) is 30.5 Å². The Hall–Kier alpha value is -2.95. The van der Waals surface area contributed by atoms with Gasteiger partial charge in [-0.1, -0.05) is 30.3 Å². The van der Waals surface area contributed by atoms with E-state index in [2.05, 4.69) is 0 Å². The quantitative estimate of drug-likeness (QED) is 0.784. The molecule has 2 aromatic carbocycles. The number of amides is 2. The monoisotopic (exact) mass is 362 g/mol. The number of carbonyl (C=O) groups excluding carboxylic acids is 3. The maximum atomic E-state index is 13.0. The average molecular weight is 362 g/mol. The molecule has 2 aliphatic heterocycles. The second-order valence-corrected chi connectivity index (χ2v) is 7.08. The zero-order chi connectivity index (χ0) is 18.8. The zero-order valence-electron chi connectivity index (χ0n) is 15.1. The first-order valence-electron chi connectivity index (χ1n) is 9.46. The Morgan fingerprint density at radius 1 is 0.852 bits per heavy atom. The largest absolute Gasteiger partial charge is 0.328 e. The van der Waals surface area contributed by atoms with Crippen LogP contribution in [0, 0.1) is 0 Å². The van der Waals surface area contributed by atoms with Crippen LogP contribution in [0.3, 0.4) is 0 Å². The fourth-order valence-corrected chi connectivity index (χ4v) is 3.95. The Morgan fingerprint density at radius 3 is 2.26 bits per heavy atom. The molecule has 1 unspecified atom stereocenters. The van der Waals surface area contributed by atoms with Gasteiger partial charge in [-0.3, -0.25) is 14.4 Å². The van der Waals surface area contributed by atoms with Crippen molar-refractivity contribution in [1.29, 1.82) is 0 Å². The van der Waals surface area contributed by atoms with Crippen molar-refractivity contribution in [2.24, 2.45) is 0 Å². The first kappa shape index (κ1) is 17.5. The molecule has 0 bridgehead atoms. The van der Waals surface area contributed by atoms with E-state index in [0.717, 1.165) is 25.1 Å². The zero-order valence-corrected chi connectivity index (χ0v) is 15.1. The molecule has 2 aliphatic rings. The number of Topliss-reactive ketones (excluding diaryl/α,β-unsaturated/α-hetero) is 1. The summed E-state index contributed by atoms with van der Waals surface area (Å²) in [5.41, 5.74) is 2.02. The SMILES string of the molecule is O=C(c1ccccc1)C1CCCN1C(=O)c1ccc(N2CCCC2=O)cc1. The Labute approximate surface area is 158 Å². The Bertz CT molecular complexity index is 861. The van der Waals surface area contributed by atoms with Gasteiger partial charge in [0.25, 0.3) is 5.91 Å². The van der Waals surface area contributed by atoms with Crippen LogP contribution in [-0.4, -0.2) is 41.6 Å². The number of carbonyl (C=O) groups is 3. The topological polar surface area (TPSA) is 57.7 Å². The first-order chi connectivity index (χ1) is 13.1. The number of anilines is 1. The molecular formula is C22H22N2O3. The lowest BCUT2D eigenvalue weighted by molar-refractivity contribution is -0.117. The molecule has 27 heavy (non-hydrogen) atoms. The molecule has 2 aromatic rings. The number of benzene rings is 2. The molecule has 5 heteroatoms. The molecule has 0 aromatic heterocycles. The summed E-state index contributed by atoms with van der Waals surface area (Å²) < 4.78 is 0. The van der Waals surface area contributed by atoms with E-state index >= 15 is 0 Å². The molecule has 0 radical (unpaired) electrons. The molecule has 4 rings (SSSR count). The van der Waals surface area contributed by atoms with Crippen LogP contribution in [0.15, 0.2) is 54.6 Å². The highest BCUT2D eigenvalue weighted by atomic mass is 16.2. The third kappa shape index (κ3) is 3.37. The summed E-state index contributed by atoms with van der Waals surface area (Å²) in [4.78, 5) is 41.1. The van der Waals surface area contributed by atoms with Crippen LogP contribution in [0.1, 0.15) is 46.4 Å². The van der Waals surface area contributed by atoms with Gasteiger partial charge >= 0.3 is 0 Å². The fraction of sp³-hybridized carbons (Fsp3) is 0.318. The highest BCUT2D eigenvalue weighted by Gasteiger charge is 2.35. The fourth-order valence-electron chi connectivity index (χ4n) is 3.95. The molecule has 2 amide bonds. The first-order valence-corrected chi connectivity index (χ1v) is 9.46. The summed E-state index contributed by atoms with van der Waals surface area (Å²) in [5, 5.41) is 0. The van der Waals surface area contributed by atoms with Gasteiger partial charge in [0.15, 0.2) is 5.78 Å². The van der Waals surface area contributed by atoms with Gasteiger partial charge in [-0.2, -0.15) is 0 Å². The number of hydrogen-bond acceptors (Lipinski definition) is 3. The van der Waals surface area contributed by atoms with Crippen molar-refractivity contribution in [3.05, 3.63) is 65.7 Å². The lowest BCUT2D eigenvalue weighted by Gasteiger charge is -2.24. The lowest BCUT2D eigenvalue weighted by atomic mass is 10.0.